The van der Waals surface area contributed by atoms with Crippen molar-refractivity contribution in [2.24, 2.45) is 5.10 Å². The molecule has 0 fully saturated rings. The number of carbonyl (C=O) groups is 1. The van der Waals surface area contributed by atoms with Crippen LogP contribution in [0.25, 0.3) is 0 Å². The van der Waals surface area contributed by atoms with Crippen LogP contribution < -0.4 is 14.9 Å². The van der Waals surface area contributed by atoms with Gasteiger partial charge in [0.2, 0.25) is 5.91 Å². The standard InChI is InChI=1S/C23H21N3O5/c1-30-22-13-19(15-24-25-23(27)14-17-5-3-2-4-6-17)9-12-21(22)31-16-18-7-10-20(11-8-18)26(28)29/h2-13,15H,14,16H2,1H3,(H,25,27)/b24-15-. The molecule has 0 bridgehead atoms. The molecule has 0 aliphatic carbocycles. The minimum atomic E-state index is -0.446. The molecule has 0 aliphatic rings. The topological polar surface area (TPSA) is 103 Å². The zero-order chi connectivity index (χ0) is 22.1. The van der Waals surface area contributed by atoms with Crippen LogP contribution in [-0.4, -0.2) is 24.2 Å². The minimum Gasteiger partial charge on any atom is -0.493 e. The fraction of sp³-hybridized carbons (Fsp3) is 0.130. The first kappa shape index (κ1) is 21.5. The lowest BCUT2D eigenvalue weighted by Gasteiger charge is -2.11. The lowest BCUT2D eigenvalue weighted by molar-refractivity contribution is -0.384. The first-order chi connectivity index (χ1) is 15.0. The molecule has 0 heterocycles. The Balaban J connectivity index is 1.56. The lowest BCUT2D eigenvalue weighted by atomic mass is 10.1. The number of nitrogens with one attached hydrogen (secondary N) is 1. The first-order valence-electron chi connectivity index (χ1n) is 9.45. The second kappa shape index (κ2) is 10.5. The quantitative estimate of drug-likeness (QED) is 0.322. The van der Waals surface area contributed by atoms with Crippen molar-refractivity contribution in [1.29, 1.82) is 0 Å². The Labute approximate surface area is 179 Å². The number of nitro benzene ring substituents is 1. The van der Waals surface area contributed by atoms with E-state index in [1.54, 1.807) is 30.3 Å². The highest BCUT2D eigenvalue weighted by atomic mass is 16.6. The summed E-state index contributed by atoms with van der Waals surface area (Å²) < 4.78 is 11.1. The van der Waals surface area contributed by atoms with Crippen LogP contribution in [0.15, 0.2) is 77.9 Å². The van der Waals surface area contributed by atoms with Gasteiger partial charge in [-0.15, -0.1) is 0 Å². The lowest BCUT2D eigenvalue weighted by Crippen LogP contribution is -2.19. The zero-order valence-electron chi connectivity index (χ0n) is 16.9. The van der Waals surface area contributed by atoms with Crippen molar-refractivity contribution in [2.45, 2.75) is 13.0 Å². The van der Waals surface area contributed by atoms with E-state index < -0.39 is 4.92 Å². The second-order valence-corrected chi connectivity index (χ2v) is 6.58. The summed E-state index contributed by atoms with van der Waals surface area (Å²) in [5.74, 6) is 0.810. The Morgan fingerprint density at radius 1 is 1.03 bits per heavy atom. The summed E-state index contributed by atoms with van der Waals surface area (Å²) in [6.45, 7) is 0.233. The number of ether oxygens (including phenoxy) is 2. The Bertz CT molecular complexity index is 1070. The van der Waals surface area contributed by atoms with Gasteiger partial charge in [0.15, 0.2) is 11.5 Å². The number of hydrogen-bond acceptors (Lipinski definition) is 6. The third-order valence-electron chi connectivity index (χ3n) is 4.34. The monoisotopic (exact) mass is 419 g/mol. The molecular weight excluding hydrogens is 398 g/mol. The highest BCUT2D eigenvalue weighted by Gasteiger charge is 2.08. The number of rotatable bonds is 9. The number of hydrazone groups is 1. The van der Waals surface area contributed by atoms with Gasteiger partial charge in [-0.3, -0.25) is 14.9 Å². The third-order valence-corrected chi connectivity index (χ3v) is 4.34. The number of non-ortho nitro benzene ring substituents is 1. The normalized spacial score (nSPS) is 10.6. The molecule has 31 heavy (non-hydrogen) atoms. The molecule has 8 heteroatoms. The van der Waals surface area contributed by atoms with Gasteiger partial charge in [-0.05, 0) is 47.0 Å². The van der Waals surface area contributed by atoms with Crippen LogP contribution in [-0.2, 0) is 17.8 Å². The van der Waals surface area contributed by atoms with Crippen molar-refractivity contribution in [2.75, 3.05) is 7.11 Å². The Morgan fingerprint density at radius 2 is 1.77 bits per heavy atom. The van der Waals surface area contributed by atoms with Crippen LogP contribution >= 0.6 is 0 Å². The van der Waals surface area contributed by atoms with Crippen molar-refractivity contribution < 1.29 is 19.2 Å². The predicted octanol–water partition coefficient (Wildman–Crippen LogP) is 3.88. The average Bonchev–Trinajstić information content (AvgIpc) is 2.79. The van der Waals surface area contributed by atoms with E-state index >= 15 is 0 Å². The molecule has 0 unspecified atom stereocenters. The van der Waals surface area contributed by atoms with Gasteiger partial charge in [-0.2, -0.15) is 5.10 Å². The molecule has 3 rings (SSSR count). The molecule has 158 valence electrons. The number of hydrogen-bond donors (Lipinski definition) is 1. The van der Waals surface area contributed by atoms with E-state index in [0.717, 1.165) is 16.7 Å². The molecule has 0 spiro atoms. The first-order valence-corrected chi connectivity index (χ1v) is 9.45. The van der Waals surface area contributed by atoms with Crippen LogP contribution in [0.4, 0.5) is 5.69 Å². The molecule has 0 radical (unpaired) electrons. The van der Waals surface area contributed by atoms with Crippen molar-refractivity contribution in [3.05, 3.63) is 99.6 Å². The van der Waals surface area contributed by atoms with Gasteiger partial charge < -0.3 is 9.47 Å². The predicted molar refractivity (Wildman–Crippen MR) is 116 cm³/mol. The number of amides is 1. The van der Waals surface area contributed by atoms with Crippen molar-refractivity contribution in [1.82, 2.24) is 5.43 Å². The molecule has 0 saturated heterocycles. The summed E-state index contributed by atoms with van der Waals surface area (Å²) in [5.41, 5.74) is 4.95. The molecule has 1 amide bonds. The molecule has 3 aromatic rings. The number of nitro groups is 1. The molecule has 0 aliphatic heterocycles. The fourth-order valence-electron chi connectivity index (χ4n) is 2.76. The van der Waals surface area contributed by atoms with Gasteiger partial charge in [0.25, 0.3) is 5.69 Å². The van der Waals surface area contributed by atoms with E-state index in [2.05, 4.69) is 10.5 Å². The summed E-state index contributed by atoms with van der Waals surface area (Å²) in [6.07, 6.45) is 1.77. The molecule has 0 atom stereocenters. The number of benzene rings is 3. The maximum absolute atomic E-state index is 12.0. The van der Waals surface area contributed by atoms with Crippen LogP contribution in [0.3, 0.4) is 0 Å². The van der Waals surface area contributed by atoms with Gasteiger partial charge in [0, 0.05) is 12.1 Å². The van der Waals surface area contributed by atoms with Crippen molar-refractivity contribution >= 4 is 17.8 Å². The summed E-state index contributed by atoms with van der Waals surface area (Å²) in [5, 5.41) is 14.7. The molecule has 1 N–H and O–H groups in total. The Kier molecular flexibility index (Phi) is 7.31. The number of carbonyl (C=O) groups excluding carboxylic acids is 1. The van der Waals surface area contributed by atoms with Crippen LogP contribution in [0.1, 0.15) is 16.7 Å². The maximum Gasteiger partial charge on any atom is 0.269 e. The molecule has 0 aromatic heterocycles. The van der Waals surface area contributed by atoms with E-state index in [-0.39, 0.29) is 24.6 Å². The zero-order valence-corrected chi connectivity index (χ0v) is 16.9. The molecule has 0 saturated carbocycles. The van der Waals surface area contributed by atoms with E-state index in [0.29, 0.717) is 11.5 Å². The number of nitrogens with zero attached hydrogens (tertiary/aromatic N) is 2. The molecule has 3 aromatic carbocycles. The number of methoxy groups -OCH3 is 1. The van der Waals surface area contributed by atoms with Gasteiger partial charge in [-0.25, -0.2) is 5.43 Å². The fourth-order valence-corrected chi connectivity index (χ4v) is 2.76. The van der Waals surface area contributed by atoms with Gasteiger partial charge in [0.05, 0.1) is 24.7 Å². The van der Waals surface area contributed by atoms with Gasteiger partial charge >= 0.3 is 0 Å². The molecular formula is C23H21N3O5. The average molecular weight is 419 g/mol. The van der Waals surface area contributed by atoms with Crippen molar-refractivity contribution in [3.8, 4) is 11.5 Å². The summed E-state index contributed by atoms with van der Waals surface area (Å²) >= 11 is 0. The maximum atomic E-state index is 12.0. The molecule has 8 nitrogen and oxygen atoms in total. The van der Waals surface area contributed by atoms with Gasteiger partial charge in [-0.1, -0.05) is 30.3 Å². The SMILES string of the molecule is COc1cc(/C=N\NC(=O)Cc2ccccc2)ccc1OCc1ccc([N+](=O)[O-])cc1. The van der Waals surface area contributed by atoms with E-state index in [9.17, 15) is 14.9 Å². The van der Waals surface area contributed by atoms with Crippen LogP contribution in [0.2, 0.25) is 0 Å². The van der Waals surface area contributed by atoms with Crippen LogP contribution in [0.5, 0.6) is 11.5 Å². The van der Waals surface area contributed by atoms with E-state index in [1.165, 1.54) is 25.5 Å². The Morgan fingerprint density at radius 3 is 2.45 bits per heavy atom. The van der Waals surface area contributed by atoms with E-state index in [1.807, 2.05) is 30.3 Å². The second-order valence-electron chi connectivity index (χ2n) is 6.58. The largest absolute Gasteiger partial charge is 0.493 e. The highest BCUT2D eigenvalue weighted by Crippen LogP contribution is 2.28. The van der Waals surface area contributed by atoms with Crippen LogP contribution in [0, 0.1) is 10.1 Å². The smallest absolute Gasteiger partial charge is 0.269 e. The Hall–Kier alpha value is -4.20. The summed E-state index contributed by atoms with van der Waals surface area (Å²) in [6, 6.07) is 20.8. The van der Waals surface area contributed by atoms with E-state index in [4.69, 9.17) is 9.47 Å². The minimum absolute atomic E-state index is 0.0285. The van der Waals surface area contributed by atoms with Crippen molar-refractivity contribution in [3.63, 3.8) is 0 Å². The van der Waals surface area contributed by atoms with Gasteiger partial charge in [0.1, 0.15) is 6.61 Å². The highest BCUT2D eigenvalue weighted by molar-refractivity contribution is 5.84. The summed E-state index contributed by atoms with van der Waals surface area (Å²) in [7, 11) is 1.52. The summed E-state index contributed by atoms with van der Waals surface area (Å²) in [4.78, 5) is 22.2. The third kappa shape index (κ3) is 6.40.